The maximum Gasteiger partial charge on any atom is 0.271 e. The van der Waals surface area contributed by atoms with Gasteiger partial charge in [0.15, 0.2) is 0 Å². The number of halogens is 1. The van der Waals surface area contributed by atoms with Crippen LogP contribution in [-0.4, -0.2) is 4.92 Å². The Balaban J connectivity index is 3.38. The molecular formula is C9H8ClNO2. The van der Waals surface area contributed by atoms with E-state index >= 15 is 0 Å². The largest absolute Gasteiger partial charge is 0.271 e. The van der Waals surface area contributed by atoms with Crippen molar-refractivity contribution < 1.29 is 4.92 Å². The molecule has 1 rings (SSSR count). The van der Waals surface area contributed by atoms with Crippen molar-refractivity contribution in [3.8, 4) is 0 Å². The lowest BCUT2D eigenvalue weighted by Crippen LogP contribution is -1.91. The van der Waals surface area contributed by atoms with Crippen LogP contribution in [-0.2, 0) is 0 Å². The SMILES string of the molecule is C=Cc1cc([N+](=O)[O-])cc(Cl)c1C. The summed E-state index contributed by atoms with van der Waals surface area (Å²) in [5.74, 6) is 0. The van der Waals surface area contributed by atoms with Crippen LogP contribution in [0.2, 0.25) is 5.02 Å². The fourth-order valence-electron chi connectivity index (χ4n) is 1.00. The van der Waals surface area contributed by atoms with E-state index < -0.39 is 4.92 Å². The van der Waals surface area contributed by atoms with Gasteiger partial charge in [-0.1, -0.05) is 24.3 Å². The van der Waals surface area contributed by atoms with Crippen LogP contribution in [0.3, 0.4) is 0 Å². The number of rotatable bonds is 2. The highest BCUT2D eigenvalue weighted by Crippen LogP contribution is 2.26. The van der Waals surface area contributed by atoms with E-state index in [4.69, 9.17) is 11.6 Å². The van der Waals surface area contributed by atoms with Crippen molar-refractivity contribution in [2.45, 2.75) is 6.92 Å². The summed E-state index contributed by atoms with van der Waals surface area (Å²) >= 11 is 5.79. The number of hydrogen-bond donors (Lipinski definition) is 0. The molecule has 0 aliphatic heterocycles. The molecule has 0 N–H and O–H groups in total. The number of hydrogen-bond acceptors (Lipinski definition) is 2. The highest BCUT2D eigenvalue weighted by atomic mass is 35.5. The molecule has 0 saturated carbocycles. The van der Waals surface area contributed by atoms with E-state index in [0.29, 0.717) is 10.6 Å². The smallest absolute Gasteiger partial charge is 0.258 e. The van der Waals surface area contributed by atoms with Crippen molar-refractivity contribution in [1.82, 2.24) is 0 Å². The summed E-state index contributed by atoms with van der Waals surface area (Å²) in [5.41, 5.74) is 1.49. The molecule has 13 heavy (non-hydrogen) atoms. The number of nitro benzene ring substituents is 1. The zero-order chi connectivity index (χ0) is 10.0. The van der Waals surface area contributed by atoms with E-state index in [1.54, 1.807) is 13.0 Å². The van der Waals surface area contributed by atoms with E-state index in [2.05, 4.69) is 6.58 Å². The summed E-state index contributed by atoms with van der Waals surface area (Å²) in [6.07, 6.45) is 1.55. The summed E-state index contributed by atoms with van der Waals surface area (Å²) < 4.78 is 0. The number of nitrogens with zero attached hydrogens (tertiary/aromatic N) is 1. The van der Waals surface area contributed by atoms with Crippen LogP contribution in [0, 0.1) is 17.0 Å². The molecule has 1 aromatic rings. The number of nitro groups is 1. The van der Waals surface area contributed by atoms with Crippen LogP contribution in [0.25, 0.3) is 6.08 Å². The van der Waals surface area contributed by atoms with E-state index in [1.165, 1.54) is 12.1 Å². The minimum Gasteiger partial charge on any atom is -0.258 e. The molecule has 0 aliphatic carbocycles. The maximum absolute atomic E-state index is 10.4. The monoisotopic (exact) mass is 197 g/mol. The van der Waals surface area contributed by atoms with Crippen molar-refractivity contribution in [2.24, 2.45) is 0 Å². The molecule has 0 unspecified atom stereocenters. The third-order valence-electron chi connectivity index (χ3n) is 1.80. The van der Waals surface area contributed by atoms with Gasteiger partial charge >= 0.3 is 0 Å². The summed E-state index contributed by atoms with van der Waals surface area (Å²) in [6.45, 7) is 5.35. The summed E-state index contributed by atoms with van der Waals surface area (Å²) in [5, 5.41) is 10.8. The Labute approximate surface area is 80.8 Å². The minimum atomic E-state index is -0.474. The van der Waals surface area contributed by atoms with Crippen molar-refractivity contribution in [3.63, 3.8) is 0 Å². The molecule has 0 aliphatic rings. The topological polar surface area (TPSA) is 43.1 Å². The molecule has 1 aromatic carbocycles. The van der Waals surface area contributed by atoms with E-state index in [-0.39, 0.29) is 5.69 Å². The Kier molecular flexibility index (Phi) is 2.68. The molecule has 4 heteroatoms. The zero-order valence-electron chi connectivity index (χ0n) is 7.08. The van der Waals surface area contributed by atoms with Crippen molar-refractivity contribution in [1.29, 1.82) is 0 Å². The second kappa shape index (κ2) is 3.58. The standard InChI is InChI=1S/C9H8ClNO2/c1-3-7-4-8(11(12)13)5-9(10)6(7)2/h3-5H,1H2,2H3. The third kappa shape index (κ3) is 1.87. The minimum absolute atomic E-state index is 0.00880. The van der Waals surface area contributed by atoms with Gasteiger partial charge in [0.2, 0.25) is 0 Å². The van der Waals surface area contributed by atoms with Crippen LogP contribution >= 0.6 is 11.6 Å². The van der Waals surface area contributed by atoms with Gasteiger partial charge in [-0.15, -0.1) is 0 Å². The summed E-state index contributed by atoms with van der Waals surface area (Å²) in [6, 6.07) is 2.79. The van der Waals surface area contributed by atoms with Gasteiger partial charge in [0.05, 0.1) is 9.95 Å². The number of non-ortho nitro benzene ring substituents is 1. The molecule has 0 saturated heterocycles. The van der Waals surface area contributed by atoms with Crippen molar-refractivity contribution in [3.05, 3.63) is 45.0 Å². The zero-order valence-corrected chi connectivity index (χ0v) is 7.84. The Morgan fingerprint density at radius 1 is 1.62 bits per heavy atom. The first-order valence-corrected chi connectivity index (χ1v) is 4.01. The summed E-state index contributed by atoms with van der Waals surface area (Å²) in [4.78, 5) is 9.97. The van der Waals surface area contributed by atoms with Crippen LogP contribution < -0.4 is 0 Å². The van der Waals surface area contributed by atoms with E-state index in [1.807, 2.05) is 0 Å². The average Bonchev–Trinajstić information content (AvgIpc) is 2.09. The second-order valence-corrected chi connectivity index (χ2v) is 3.01. The molecule has 0 amide bonds. The first-order valence-electron chi connectivity index (χ1n) is 3.63. The van der Waals surface area contributed by atoms with Gasteiger partial charge in [0, 0.05) is 12.1 Å². The highest BCUT2D eigenvalue weighted by Gasteiger charge is 2.10. The molecule has 3 nitrogen and oxygen atoms in total. The fourth-order valence-corrected chi connectivity index (χ4v) is 1.22. The van der Waals surface area contributed by atoms with Gasteiger partial charge in [-0.2, -0.15) is 0 Å². The Morgan fingerprint density at radius 3 is 2.69 bits per heavy atom. The van der Waals surface area contributed by atoms with Crippen LogP contribution in [0.1, 0.15) is 11.1 Å². The second-order valence-electron chi connectivity index (χ2n) is 2.60. The first kappa shape index (κ1) is 9.74. The summed E-state index contributed by atoms with van der Waals surface area (Å²) in [7, 11) is 0. The van der Waals surface area contributed by atoms with Gasteiger partial charge in [-0.3, -0.25) is 10.1 Å². The van der Waals surface area contributed by atoms with Crippen LogP contribution in [0.15, 0.2) is 18.7 Å². The molecule has 0 atom stereocenters. The van der Waals surface area contributed by atoms with Gasteiger partial charge in [0.25, 0.3) is 5.69 Å². The normalized spacial score (nSPS) is 9.69. The van der Waals surface area contributed by atoms with Crippen molar-refractivity contribution >= 4 is 23.4 Å². The molecule has 0 bridgehead atoms. The van der Waals surface area contributed by atoms with E-state index in [9.17, 15) is 10.1 Å². The van der Waals surface area contributed by atoms with Gasteiger partial charge in [-0.25, -0.2) is 0 Å². The fraction of sp³-hybridized carbons (Fsp3) is 0.111. The van der Waals surface area contributed by atoms with Gasteiger partial charge < -0.3 is 0 Å². The number of benzene rings is 1. The lowest BCUT2D eigenvalue weighted by Gasteiger charge is -2.02. The molecule has 68 valence electrons. The Bertz CT molecular complexity index is 374. The first-order chi connectivity index (χ1) is 6.06. The predicted octanol–water partition coefficient (Wildman–Crippen LogP) is 3.20. The lowest BCUT2D eigenvalue weighted by molar-refractivity contribution is -0.384. The Morgan fingerprint density at radius 2 is 2.23 bits per heavy atom. The van der Waals surface area contributed by atoms with Gasteiger partial charge in [0.1, 0.15) is 0 Å². The molecule has 0 spiro atoms. The van der Waals surface area contributed by atoms with Crippen molar-refractivity contribution in [2.75, 3.05) is 0 Å². The third-order valence-corrected chi connectivity index (χ3v) is 2.19. The Hall–Kier alpha value is -1.35. The lowest BCUT2D eigenvalue weighted by atomic mass is 10.1. The molecular weight excluding hydrogens is 190 g/mol. The molecule has 0 heterocycles. The van der Waals surface area contributed by atoms with Crippen LogP contribution in [0.4, 0.5) is 5.69 Å². The van der Waals surface area contributed by atoms with E-state index in [0.717, 1.165) is 5.56 Å². The highest BCUT2D eigenvalue weighted by molar-refractivity contribution is 6.31. The molecule has 0 aromatic heterocycles. The quantitative estimate of drug-likeness (QED) is 0.540. The molecule has 0 radical (unpaired) electrons. The predicted molar refractivity (Wildman–Crippen MR) is 52.9 cm³/mol. The van der Waals surface area contributed by atoms with Crippen LogP contribution in [0.5, 0.6) is 0 Å². The van der Waals surface area contributed by atoms with Gasteiger partial charge in [-0.05, 0) is 18.1 Å². The average molecular weight is 198 g/mol. The maximum atomic E-state index is 10.4. The molecule has 0 fully saturated rings.